The zero-order chi connectivity index (χ0) is 18.0. The molecular weight excluding hydrogens is 321 g/mol. The summed E-state index contributed by atoms with van der Waals surface area (Å²) in [6.45, 7) is 2.52. The quantitative estimate of drug-likeness (QED) is 0.898. The Morgan fingerprint density at radius 3 is 2.60 bits per heavy atom. The number of benzene rings is 2. The maximum absolute atomic E-state index is 13.0. The molecule has 0 aliphatic carbocycles. The summed E-state index contributed by atoms with van der Waals surface area (Å²) in [6, 6.07) is 10.6. The predicted octanol–water partition coefficient (Wildman–Crippen LogP) is 2.70. The Morgan fingerprint density at radius 1 is 1.20 bits per heavy atom. The van der Waals surface area contributed by atoms with Crippen LogP contribution in [0.5, 0.6) is 0 Å². The molecule has 2 aromatic carbocycles. The maximum Gasteiger partial charge on any atom is 0.255 e. The third kappa shape index (κ3) is 3.47. The monoisotopic (exact) mass is 341 g/mol. The van der Waals surface area contributed by atoms with E-state index >= 15 is 0 Å². The van der Waals surface area contributed by atoms with Crippen molar-refractivity contribution in [3.63, 3.8) is 0 Å². The molecule has 0 fully saturated rings. The summed E-state index contributed by atoms with van der Waals surface area (Å²) in [5, 5.41) is 2.89. The number of nitrogens with one attached hydrogen (secondary N) is 1. The number of hydrogen-bond acceptors (Lipinski definition) is 3. The first-order chi connectivity index (χ1) is 12.0. The number of primary amides is 1. The van der Waals surface area contributed by atoms with Crippen molar-refractivity contribution in [1.82, 2.24) is 0 Å². The second-order valence-corrected chi connectivity index (χ2v) is 6.14. The largest absolute Gasteiger partial charge is 0.368 e. The van der Waals surface area contributed by atoms with Crippen LogP contribution in [0.15, 0.2) is 42.5 Å². The number of nitrogens with zero attached hydrogens (tertiary/aromatic N) is 1. The summed E-state index contributed by atoms with van der Waals surface area (Å²) in [5.74, 6) is -1.06. The summed E-state index contributed by atoms with van der Waals surface area (Å²) in [5.41, 5.74) is 8.43. The Kier molecular flexibility index (Phi) is 4.70. The van der Waals surface area contributed by atoms with Gasteiger partial charge in [0, 0.05) is 23.5 Å². The van der Waals surface area contributed by atoms with Gasteiger partial charge < -0.3 is 16.0 Å². The van der Waals surface area contributed by atoms with E-state index in [9.17, 15) is 14.0 Å². The van der Waals surface area contributed by atoms with Crippen LogP contribution in [0.3, 0.4) is 0 Å². The second-order valence-electron chi connectivity index (χ2n) is 6.14. The molecule has 6 heteroatoms. The number of carbonyl (C=O) groups excluding carboxylic acids is 2. The van der Waals surface area contributed by atoms with Gasteiger partial charge in [-0.1, -0.05) is 6.07 Å². The highest BCUT2D eigenvalue weighted by atomic mass is 19.1. The molecule has 0 saturated carbocycles. The zero-order valence-corrected chi connectivity index (χ0v) is 14.0. The Morgan fingerprint density at radius 2 is 1.92 bits per heavy atom. The molecule has 25 heavy (non-hydrogen) atoms. The lowest BCUT2D eigenvalue weighted by Gasteiger charge is -2.35. The van der Waals surface area contributed by atoms with Gasteiger partial charge in [-0.3, -0.25) is 9.59 Å². The van der Waals surface area contributed by atoms with Gasteiger partial charge in [0.25, 0.3) is 5.91 Å². The van der Waals surface area contributed by atoms with E-state index in [0.29, 0.717) is 11.3 Å². The summed E-state index contributed by atoms with van der Waals surface area (Å²) in [4.78, 5) is 25.9. The SMILES string of the molecule is CC(C(N)=O)N1CCCc2c(NC(=O)c3ccc(F)cc3)cccc21. The van der Waals surface area contributed by atoms with E-state index in [1.807, 2.05) is 23.1 Å². The van der Waals surface area contributed by atoms with Crippen LogP contribution < -0.4 is 16.0 Å². The molecule has 2 aromatic rings. The average molecular weight is 341 g/mol. The van der Waals surface area contributed by atoms with Crippen LogP contribution in [0.1, 0.15) is 29.3 Å². The van der Waals surface area contributed by atoms with Crippen LogP contribution in [-0.4, -0.2) is 24.4 Å². The van der Waals surface area contributed by atoms with Crippen LogP contribution >= 0.6 is 0 Å². The Balaban J connectivity index is 1.88. The second kappa shape index (κ2) is 6.93. The first-order valence-electron chi connectivity index (χ1n) is 8.22. The molecule has 0 spiro atoms. The van der Waals surface area contributed by atoms with Gasteiger partial charge in [0.1, 0.15) is 11.9 Å². The molecule has 2 amide bonds. The van der Waals surface area contributed by atoms with Crippen LogP contribution in [0, 0.1) is 5.82 Å². The first-order valence-corrected chi connectivity index (χ1v) is 8.22. The van der Waals surface area contributed by atoms with E-state index in [2.05, 4.69) is 5.32 Å². The fraction of sp³-hybridized carbons (Fsp3) is 0.263. The lowest BCUT2D eigenvalue weighted by molar-refractivity contribution is -0.119. The molecule has 1 unspecified atom stereocenters. The van der Waals surface area contributed by atoms with Gasteiger partial charge in [-0.05, 0) is 61.7 Å². The Hall–Kier alpha value is -2.89. The highest BCUT2D eigenvalue weighted by Gasteiger charge is 2.26. The van der Waals surface area contributed by atoms with Crippen molar-refractivity contribution in [1.29, 1.82) is 0 Å². The number of fused-ring (bicyclic) bond motifs is 1. The van der Waals surface area contributed by atoms with Crippen LogP contribution in [0.2, 0.25) is 0 Å². The number of halogens is 1. The molecule has 0 bridgehead atoms. The highest BCUT2D eigenvalue weighted by molar-refractivity contribution is 6.05. The van der Waals surface area contributed by atoms with Gasteiger partial charge >= 0.3 is 0 Å². The summed E-state index contributed by atoms with van der Waals surface area (Å²) in [6.07, 6.45) is 1.67. The molecule has 1 aliphatic heterocycles. The van der Waals surface area contributed by atoms with E-state index in [4.69, 9.17) is 5.73 Å². The van der Waals surface area contributed by atoms with E-state index < -0.39 is 6.04 Å². The molecule has 0 radical (unpaired) electrons. The molecule has 1 heterocycles. The molecule has 0 saturated heterocycles. The normalized spacial score (nSPS) is 14.6. The highest BCUT2D eigenvalue weighted by Crippen LogP contribution is 2.34. The molecule has 1 aliphatic rings. The fourth-order valence-corrected chi connectivity index (χ4v) is 3.12. The van der Waals surface area contributed by atoms with Gasteiger partial charge in [0.2, 0.25) is 5.91 Å². The number of nitrogens with two attached hydrogens (primary N) is 1. The number of amides is 2. The smallest absolute Gasteiger partial charge is 0.255 e. The number of anilines is 2. The first kappa shape index (κ1) is 17.0. The van der Waals surface area contributed by atoms with E-state index in [0.717, 1.165) is 30.6 Å². The third-order valence-electron chi connectivity index (χ3n) is 4.52. The van der Waals surface area contributed by atoms with E-state index in [1.165, 1.54) is 24.3 Å². The van der Waals surface area contributed by atoms with Crippen LogP contribution in [0.4, 0.5) is 15.8 Å². The van der Waals surface area contributed by atoms with Crippen molar-refractivity contribution in [2.45, 2.75) is 25.8 Å². The van der Waals surface area contributed by atoms with Crippen LogP contribution in [0.25, 0.3) is 0 Å². The third-order valence-corrected chi connectivity index (χ3v) is 4.52. The lowest BCUT2D eigenvalue weighted by Crippen LogP contribution is -2.45. The van der Waals surface area contributed by atoms with Gasteiger partial charge in [-0.2, -0.15) is 0 Å². The molecule has 3 rings (SSSR count). The van der Waals surface area contributed by atoms with Crippen molar-refractivity contribution >= 4 is 23.2 Å². The number of hydrogen-bond donors (Lipinski definition) is 2. The van der Waals surface area contributed by atoms with Gasteiger partial charge in [-0.25, -0.2) is 4.39 Å². The van der Waals surface area contributed by atoms with Crippen molar-refractivity contribution in [3.05, 3.63) is 59.4 Å². The lowest BCUT2D eigenvalue weighted by atomic mass is 9.98. The molecule has 130 valence electrons. The Bertz CT molecular complexity index is 805. The standard InChI is InChI=1S/C19H20FN3O2/c1-12(18(21)24)23-11-3-4-15-16(5-2-6-17(15)23)22-19(25)13-7-9-14(20)10-8-13/h2,5-10,12H,3-4,11H2,1H3,(H2,21,24)(H,22,25). The molecule has 1 atom stereocenters. The topological polar surface area (TPSA) is 75.4 Å². The number of rotatable bonds is 4. The predicted molar refractivity (Wildman–Crippen MR) is 95.1 cm³/mol. The molecular formula is C19H20FN3O2. The average Bonchev–Trinajstić information content (AvgIpc) is 2.61. The van der Waals surface area contributed by atoms with E-state index in [-0.39, 0.29) is 17.6 Å². The maximum atomic E-state index is 13.0. The van der Waals surface area contributed by atoms with E-state index in [1.54, 1.807) is 6.92 Å². The summed E-state index contributed by atoms with van der Waals surface area (Å²) in [7, 11) is 0. The van der Waals surface area contributed by atoms with Crippen molar-refractivity contribution in [2.75, 3.05) is 16.8 Å². The summed E-state index contributed by atoms with van der Waals surface area (Å²) < 4.78 is 13.0. The minimum atomic E-state index is -0.415. The van der Waals surface area contributed by atoms with Crippen molar-refractivity contribution < 1.29 is 14.0 Å². The molecule has 3 N–H and O–H groups in total. The minimum Gasteiger partial charge on any atom is -0.368 e. The zero-order valence-electron chi connectivity index (χ0n) is 14.0. The minimum absolute atomic E-state index is 0.298. The molecule has 0 aromatic heterocycles. The van der Waals surface area contributed by atoms with Crippen molar-refractivity contribution in [2.24, 2.45) is 5.73 Å². The van der Waals surface area contributed by atoms with Crippen LogP contribution in [-0.2, 0) is 11.2 Å². The van der Waals surface area contributed by atoms with Gasteiger partial charge in [-0.15, -0.1) is 0 Å². The molecule has 5 nitrogen and oxygen atoms in total. The van der Waals surface area contributed by atoms with Gasteiger partial charge in [0.05, 0.1) is 0 Å². The number of carbonyl (C=O) groups is 2. The Labute approximate surface area is 145 Å². The van der Waals surface area contributed by atoms with Crippen molar-refractivity contribution in [3.8, 4) is 0 Å². The van der Waals surface area contributed by atoms with Gasteiger partial charge in [0.15, 0.2) is 0 Å². The summed E-state index contributed by atoms with van der Waals surface area (Å²) >= 11 is 0. The fourth-order valence-electron chi connectivity index (χ4n) is 3.12.